The van der Waals surface area contributed by atoms with Crippen molar-refractivity contribution >= 4 is 32.9 Å². The minimum absolute atomic E-state index is 0.645. The first-order chi connectivity index (χ1) is 9.13. The molecule has 1 aliphatic carbocycles. The van der Waals surface area contributed by atoms with E-state index in [-0.39, 0.29) is 0 Å². The molecule has 2 unspecified atom stereocenters. The number of hydrogen-bond acceptors (Lipinski definition) is 2. The van der Waals surface area contributed by atoms with Crippen molar-refractivity contribution in [3.05, 3.63) is 22.7 Å². The average molecular weight is 322 g/mol. The van der Waals surface area contributed by atoms with E-state index in [0.717, 1.165) is 33.9 Å². The summed E-state index contributed by atoms with van der Waals surface area (Å²) in [5.74, 6) is 2.24. The quantitative estimate of drug-likeness (QED) is 0.900. The van der Waals surface area contributed by atoms with Crippen LogP contribution in [-0.4, -0.2) is 9.55 Å². The van der Waals surface area contributed by atoms with E-state index in [2.05, 4.69) is 44.5 Å². The maximum absolute atomic E-state index is 6.09. The Bertz CT molecular complexity index is 590. The summed E-state index contributed by atoms with van der Waals surface area (Å²) >= 11 is 3.48. The number of hydrogen-bond donors (Lipinski definition) is 1. The lowest BCUT2D eigenvalue weighted by atomic mass is 9.82. The Labute approximate surface area is 122 Å². The van der Waals surface area contributed by atoms with Crippen molar-refractivity contribution in [3.8, 4) is 0 Å². The number of aromatic nitrogens is 2. The molecule has 0 aliphatic heterocycles. The summed E-state index contributed by atoms with van der Waals surface area (Å²) < 4.78 is 3.24. The third-order valence-electron chi connectivity index (χ3n) is 4.23. The Hall–Kier alpha value is -1.03. The molecule has 3 nitrogen and oxygen atoms in total. The molecule has 1 aromatic carbocycles. The fourth-order valence-electron chi connectivity index (χ4n) is 3.30. The van der Waals surface area contributed by atoms with Gasteiger partial charge >= 0.3 is 0 Å². The van der Waals surface area contributed by atoms with Gasteiger partial charge in [0.25, 0.3) is 0 Å². The lowest BCUT2D eigenvalue weighted by molar-refractivity contribution is 0.259. The van der Waals surface area contributed by atoms with Gasteiger partial charge in [0.05, 0.1) is 11.0 Å². The Morgan fingerprint density at radius 1 is 1.42 bits per heavy atom. The number of benzene rings is 1. The number of halogens is 1. The Morgan fingerprint density at radius 2 is 2.26 bits per heavy atom. The third kappa shape index (κ3) is 2.64. The van der Waals surface area contributed by atoms with Crippen LogP contribution in [0.1, 0.15) is 32.6 Å². The molecule has 0 amide bonds. The van der Waals surface area contributed by atoms with Crippen molar-refractivity contribution in [2.75, 3.05) is 5.73 Å². The van der Waals surface area contributed by atoms with Gasteiger partial charge in [0, 0.05) is 11.0 Å². The minimum atomic E-state index is 0.645. The van der Waals surface area contributed by atoms with Crippen molar-refractivity contribution in [2.24, 2.45) is 11.8 Å². The number of rotatable bonds is 2. The number of nitrogen functional groups attached to an aromatic ring is 1. The fourth-order valence-corrected chi connectivity index (χ4v) is 3.65. The Morgan fingerprint density at radius 3 is 3.05 bits per heavy atom. The molecule has 19 heavy (non-hydrogen) atoms. The predicted octanol–water partition coefficient (Wildman–Crippen LogP) is 4.21. The van der Waals surface area contributed by atoms with Crippen molar-refractivity contribution < 1.29 is 0 Å². The van der Waals surface area contributed by atoms with Crippen LogP contribution in [0.25, 0.3) is 11.0 Å². The summed E-state index contributed by atoms with van der Waals surface area (Å²) in [6.45, 7) is 3.37. The van der Waals surface area contributed by atoms with Crippen molar-refractivity contribution in [3.63, 3.8) is 0 Å². The highest BCUT2D eigenvalue weighted by Gasteiger charge is 2.21. The second-order valence-electron chi connectivity index (χ2n) is 5.85. The van der Waals surface area contributed by atoms with Crippen molar-refractivity contribution in [1.29, 1.82) is 0 Å². The second-order valence-corrected chi connectivity index (χ2v) is 6.77. The fraction of sp³-hybridized carbons (Fsp3) is 0.533. The number of anilines is 1. The second kappa shape index (κ2) is 5.16. The maximum atomic E-state index is 6.09. The first-order valence-corrected chi connectivity index (χ1v) is 7.84. The smallest absolute Gasteiger partial charge is 0.201 e. The Balaban J connectivity index is 1.89. The summed E-state index contributed by atoms with van der Waals surface area (Å²) in [6.07, 6.45) is 5.36. The zero-order valence-electron chi connectivity index (χ0n) is 11.3. The molecular formula is C15H20BrN3. The van der Waals surface area contributed by atoms with E-state index in [1.54, 1.807) is 0 Å². The molecule has 2 N–H and O–H groups in total. The summed E-state index contributed by atoms with van der Waals surface area (Å²) in [6, 6.07) is 6.20. The van der Waals surface area contributed by atoms with Gasteiger partial charge in [-0.25, -0.2) is 4.98 Å². The van der Waals surface area contributed by atoms with Gasteiger partial charge in [-0.3, -0.25) is 0 Å². The molecule has 102 valence electrons. The summed E-state index contributed by atoms with van der Waals surface area (Å²) in [4.78, 5) is 4.47. The molecule has 1 heterocycles. The van der Waals surface area contributed by atoms with Crippen molar-refractivity contribution in [1.82, 2.24) is 9.55 Å². The lowest BCUT2D eigenvalue weighted by Crippen LogP contribution is -2.19. The van der Waals surface area contributed by atoms with Crippen molar-refractivity contribution in [2.45, 2.75) is 39.2 Å². The molecule has 4 heteroatoms. The van der Waals surface area contributed by atoms with Crippen LogP contribution in [0.15, 0.2) is 22.7 Å². The van der Waals surface area contributed by atoms with E-state index < -0.39 is 0 Å². The van der Waals surface area contributed by atoms with Crippen LogP contribution in [0.2, 0.25) is 0 Å². The topological polar surface area (TPSA) is 43.8 Å². The first-order valence-electron chi connectivity index (χ1n) is 7.04. The highest BCUT2D eigenvalue weighted by atomic mass is 79.9. The van der Waals surface area contributed by atoms with E-state index in [1.807, 2.05) is 6.07 Å². The average Bonchev–Trinajstić information content (AvgIpc) is 2.65. The molecule has 2 aromatic rings. The van der Waals surface area contributed by atoms with Gasteiger partial charge in [0.15, 0.2) is 0 Å². The van der Waals surface area contributed by atoms with Gasteiger partial charge in [-0.2, -0.15) is 0 Å². The van der Waals surface area contributed by atoms with Gasteiger partial charge in [-0.1, -0.05) is 35.7 Å². The lowest BCUT2D eigenvalue weighted by Gasteiger charge is -2.27. The van der Waals surface area contributed by atoms with Crippen LogP contribution in [0.4, 0.5) is 5.95 Å². The van der Waals surface area contributed by atoms with E-state index in [4.69, 9.17) is 5.73 Å². The monoisotopic (exact) mass is 321 g/mol. The number of fused-ring (bicyclic) bond motifs is 1. The Kier molecular flexibility index (Phi) is 3.52. The van der Waals surface area contributed by atoms with Gasteiger partial charge in [-0.05, 0) is 42.9 Å². The highest BCUT2D eigenvalue weighted by Crippen LogP contribution is 2.31. The van der Waals surface area contributed by atoms with E-state index in [1.165, 1.54) is 25.7 Å². The van der Waals surface area contributed by atoms with Gasteiger partial charge in [-0.15, -0.1) is 0 Å². The molecule has 0 bridgehead atoms. The first kappa shape index (κ1) is 13.0. The van der Waals surface area contributed by atoms with E-state index in [0.29, 0.717) is 5.95 Å². The molecule has 2 atom stereocenters. The summed E-state index contributed by atoms with van der Waals surface area (Å²) in [7, 11) is 0. The molecular weight excluding hydrogens is 302 g/mol. The highest BCUT2D eigenvalue weighted by molar-refractivity contribution is 9.10. The standard InChI is InChI=1S/C15H20BrN3/c1-10-3-2-4-11(7-10)9-19-14-6-5-12(16)8-13(14)18-15(19)17/h5-6,8,10-11H,2-4,7,9H2,1H3,(H2,17,18). The van der Waals surface area contributed by atoms with Gasteiger partial charge in [0.1, 0.15) is 0 Å². The van der Waals surface area contributed by atoms with Crippen LogP contribution >= 0.6 is 15.9 Å². The number of nitrogens with zero attached hydrogens (tertiary/aromatic N) is 2. The van der Waals surface area contributed by atoms with Crippen LogP contribution in [0.3, 0.4) is 0 Å². The van der Waals surface area contributed by atoms with Crippen LogP contribution in [-0.2, 0) is 6.54 Å². The molecule has 1 saturated carbocycles. The van der Waals surface area contributed by atoms with Crippen LogP contribution < -0.4 is 5.73 Å². The molecule has 1 fully saturated rings. The van der Waals surface area contributed by atoms with Gasteiger partial charge < -0.3 is 10.3 Å². The molecule has 0 radical (unpaired) electrons. The van der Waals surface area contributed by atoms with Crippen LogP contribution in [0.5, 0.6) is 0 Å². The molecule has 0 spiro atoms. The van der Waals surface area contributed by atoms with Crippen LogP contribution in [0, 0.1) is 11.8 Å². The number of imidazole rings is 1. The zero-order valence-corrected chi connectivity index (χ0v) is 12.9. The zero-order chi connectivity index (χ0) is 13.4. The molecule has 0 saturated heterocycles. The minimum Gasteiger partial charge on any atom is -0.369 e. The normalized spacial score (nSPS) is 23.9. The summed E-state index contributed by atoms with van der Waals surface area (Å²) in [5.41, 5.74) is 8.23. The molecule has 3 rings (SSSR count). The molecule has 1 aliphatic rings. The largest absolute Gasteiger partial charge is 0.369 e. The summed E-state index contributed by atoms with van der Waals surface area (Å²) in [5, 5.41) is 0. The SMILES string of the molecule is CC1CCCC(Cn2c(N)nc3cc(Br)ccc32)C1. The van der Waals surface area contributed by atoms with E-state index >= 15 is 0 Å². The number of nitrogens with two attached hydrogens (primary N) is 1. The third-order valence-corrected chi connectivity index (χ3v) is 4.72. The predicted molar refractivity (Wildman–Crippen MR) is 83.0 cm³/mol. The van der Waals surface area contributed by atoms with E-state index in [9.17, 15) is 0 Å². The maximum Gasteiger partial charge on any atom is 0.201 e. The van der Waals surface area contributed by atoms with Gasteiger partial charge in [0.2, 0.25) is 5.95 Å². The molecule has 1 aromatic heterocycles.